The van der Waals surface area contributed by atoms with Crippen LogP contribution in [0.5, 0.6) is 0 Å². The van der Waals surface area contributed by atoms with Gasteiger partial charge >= 0.3 is 0 Å². The minimum atomic E-state index is 0.170. The normalized spacial score (nSPS) is 10.7. The number of hydrogen-bond acceptors (Lipinski definition) is 1. The van der Waals surface area contributed by atoms with E-state index in [1.165, 1.54) is 16.7 Å². The quantitative estimate of drug-likeness (QED) is 0.818. The van der Waals surface area contributed by atoms with Crippen molar-refractivity contribution < 1.29 is 4.79 Å². The standard InChI is InChI=1S/C16H25NO/c1-5-15(6-2)17-16(18)10-9-14-8-7-12(3)11-13(14)4/h7-8,11,15H,5-6,9-10H2,1-4H3,(H,17,18). The molecule has 2 heteroatoms. The summed E-state index contributed by atoms with van der Waals surface area (Å²) in [5, 5.41) is 3.08. The van der Waals surface area contributed by atoms with Crippen molar-refractivity contribution in [2.24, 2.45) is 0 Å². The van der Waals surface area contributed by atoms with Gasteiger partial charge in [-0.3, -0.25) is 4.79 Å². The smallest absolute Gasteiger partial charge is 0.220 e. The number of nitrogens with one attached hydrogen (secondary N) is 1. The Hall–Kier alpha value is -1.31. The zero-order valence-electron chi connectivity index (χ0n) is 12.0. The lowest BCUT2D eigenvalue weighted by Gasteiger charge is -2.15. The van der Waals surface area contributed by atoms with Gasteiger partial charge in [0.05, 0.1) is 0 Å². The molecule has 1 aromatic rings. The molecule has 0 unspecified atom stereocenters. The van der Waals surface area contributed by atoms with Crippen LogP contribution in [0.1, 0.15) is 49.8 Å². The molecule has 0 aliphatic rings. The molecule has 0 radical (unpaired) electrons. The lowest BCUT2D eigenvalue weighted by molar-refractivity contribution is -0.121. The van der Waals surface area contributed by atoms with E-state index in [0.29, 0.717) is 12.5 Å². The Balaban J connectivity index is 2.47. The van der Waals surface area contributed by atoms with Gasteiger partial charge in [-0.15, -0.1) is 0 Å². The van der Waals surface area contributed by atoms with Crippen molar-refractivity contribution >= 4 is 5.91 Å². The number of carbonyl (C=O) groups excluding carboxylic acids is 1. The van der Waals surface area contributed by atoms with Crippen molar-refractivity contribution in [2.75, 3.05) is 0 Å². The summed E-state index contributed by atoms with van der Waals surface area (Å²) in [6, 6.07) is 6.75. The highest BCUT2D eigenvalue weighted by atomic mass is 16.1. The first-order valence-electron chi connectivity index (χ1n) is 6.92. The topological polar surface area (TPSA) is 29.1 Å². The molecule has 1 amide bonds. The first kappa shape index (κ1) is 14.7. The monoisotopic (exact) mass is 247 g/mol. The van der Waals surface area contributed by atoms with Crippen LogP contribution >= 0.6 is 0 Å². The lowest BCUT2D eigenvalue weighted by Crippen LogP contribution is -2.33. The Bertz CT molecular complexity index is 394. The van der Waals surface area contributed by atoms with Gasteiger partial charge < -0.3 is 5.32 Å². The van der Waals surface area contributed by atoms with Crippen LogP contribution in [0.2, 0.25) is 0 Å². The van der Waals surface area contributed by atoms with E-state index in [-0.39, 0.29) is 5.91 Å². The summed E-state index contributed by atoms with van der Waals surface area (Å²) in [6.07, 6.45) is 3.43. The fourth-order valence-electron chi connectivity index (χ4n) is 2.17. The molecule has 0 saturated heterocycles. The fourth-order valence-corrected chi connectivity index (χ4v) is 2.17. The van der Waals surface area contributed by atoms with E-state index >= 15 is 0 Å². The van der Waals surface area contributed by atoms with Crippen LogP contribution < -0.4 is 5.32 Å². The van der Waals surface area contributed by atoms with Crippen LogP contribution in [0.3, 0.4) is 0 Å². The number of amides is 1. The highest BCUT2D eigenvalue weighted by Crippen LogP contribution is 2.12. The summed E-state index contributed by atoms with van der Waals surface area (Å²) in [5.74, 6) is 0.170. The van der Waals surface area contributed by atoms with E-state index in [1.807, 2.05) is 0 Å². The molecule has 1 aromatic carbocycles. The van der Waals surface area contributed by atoms with Gasteiger partial charge in [0.2, 0.25) is 5.91 Å². The van der Waals surface area contributed by atoms with Gasteiger partial charge in [0.1, 0.15) is 0 Å². The highest BCUT2D eigenvalue weighted by Gasteiger charge is 2.08. The molecule has 2 nitrogen and oxygen atoms in total. The third-order valence-corrected chi connectivity index (χ3v) is 3.47. The van der Waals surface area contributed by atoms with Crippen molar-refractivity contribution in [2.45, 2.75) is 59.4 Å². The molecule has 1 N–H and O–H groups in total. The van der Waals surface area contributed by atoms with E-state index in [1.54, 1.807) is 0 Å². The molecule has 100 valence electrons. The molecule has 0 spiro atoms. The molecule has 0 aromatic heterocycles. The second-order valence-electron chi connectivity index (χ2n) is 5.01. The summed E-state index contributed by atoms with van der Waals surface area (Å²) in [7, 11) is 0. The molecular formula is C16H25NO. The van der Waals surface area contributed by atoms with Crippen LogP contribution in [0.4, 0.5) is 0 Å². The minimum Gasteiger partial charge on any atom is -0.353 e. The van der Waals surface area contributed by atoms with Crippen molar-refractivity contribution in [3.63, 3.8) is 0 Å². The maximum Gasteiger partial charge on any atom is 0.220 e. The zero-order valence-corrected chi connectivity index (χ0v) is 12.0. The predicted molar refractivity (Wildman–Crippen MR) is 76.7 cm³/mol. The number of rotatable bonds is 6. The summed E-state index contributed by atoms with van der Waals surface area (Å²) < 4.78 is 0. The zero-order chi connectivity index (χ0) is 13.5. The second-order valence-corrected chi connectivity index (χ2v) is 5.01. The van der Waals surface area contributed by atoms with Gasteiger partial charge in [0.25, 0.3) is 0 Å². The van der Waals surface area contributed by atoms with E-state index in [9.17, 15) is 4.79 Å². The number of carbonyl (C=O) groups is 1. The van der Waals surface area contributed by atoms with E-state index in [2.05, 4.69) is 51.2 Å². The first-order chi connectivity index (χ1) is 8.56. The van der Waals surface area contributed by atoms with Crippen LogP contribution in [0.25, 0.3) is 0 Å². The van der Waals surface area contributed by atoms with Crippen molar-refractivity contribution in [1.82, 2.24) is 5.32 Å². The maximum atomic E-state index is 11.8. The van der Waals surface area contributed by atoms with Crippen molar-refractivity contribution in [3.05, 3.63) is 34.9 Å². The lowest BCUT2D eigenvalue weighted by atomic mass is 10.0. The molecule has 0 aliphatic carbocycles. The third kappa shape index (κ3) is 4.52. The van der Waals surface area contributed by atoms with Crippen molar-refractivity contribution in [1.29, 1.82) is 0 Å². The maximum absolute atomic E-state index is 11.8. The van der Waals surface area contributed by atoms with Gasteiger partial charge in [-0.1, -0.05) is 37.6 Å². The van der Waals surface area contributed by atoms with Crippen LogP contribution in [-0.2, 0) is 11.2 Å². The van der Waals surface area contributed by atoms with Crippen LogP contribution in [-0.4, -0.2) is 11.9 Å². The van der Waals surface area contributed by atoms with Gasteiger partial charge in [-0.25, -0.2) is 0 Å². The SMILES string of the molecule is CCC(CC)NC(=O)CCc1ccc(C)cc1C. The Morgan fingerprint density at radius 1 is 1.22 bits per heavy atom. The summed E-state index contributed by atoms with van der Waals surface area (Å²) in [5.41, 5.74) is 3.84. The number of aryl methyl sites for hydroxylation is 3. The number of hydrogen-bond donors (Lipinski definition) is 1. The van der Waals surface area contributed by atoms with Crippen molar-refractivity contribution in [3.8, 4) is 0 Å². The minimum absolute atomic E-state index is 0.170. The fraction of sp³-hybridized carbons (Fsp3) is 0.562. The van der Waals surface area contributed by atoms with Gasteiger partial charge in [-0.2, -0.15) is 0 Å². The summed E-state index contributed by atoms with van der Waals surface area (Å²) in [6.45, 7) is 8.43. The van der Waals surface area contributed by atoms with Gasteiger partial charge in [-0.05, 0) is 44.2 Å². The molecule has 0 saturated carbocycles. The summed E-state index contributed by atoms with van der Waals surface area (Å²) in [4.78, 5) is 11.8. The molecule has 18 heavy (non-hydrogen) atoms. The predicted octanol–water partition coefficient (Wildman–Crippen LogP) is 3.54. The first-order valence-corrected chi connectivity index (χ1v) is 6.92. The molecule has 1 rings (SSSR count). The Morgan fingerprint density at radius 3 is 2.44 bits per heavy atom. The third-order valence-electron chi connectivity index (χ3n) is 3.47. The molecule has 0 bridgehead atoms. The molecule has 0 atom stereocenters. The van der Waals surface area contributed by atoms with Crippen LogP contribution in [0.15, 0.2) is 18.2 Å². The Labute approximate surface area is 111 Å². The molecule has 0 aliphatic heterocycles. The average Bonchev–Trinajstić information content (AvgIpc) is 2.35. The van der Waals surface area contributed by atoms with E-state index in [4.69, 9.17) is 0 Å². The van der Waals surface area contributed by atoms with Crippen LogP contribution in [0, 0.1) is 13.8 Å². The van der Waals surface area contributed by atoms with Gasteiger partial charge in [0.15, 0.2) is 0 Å². The summed E-state index contributed by atoms with van der Waals surface area (Å²) >= 11 is 0. The van der Waals surface area contributed by atoms with Gasteiger partial charge in [0, 0.05) is 12.5 Å². The second kappa shape index (κ2) is 7.20. The average molecular weight is 247 g/mol. The van der Waals surface area contributed by atoms with E-state index in [0.717, 1.165) is 19.3 Å². The molecule has 0 fully saturated rings. The Morgan fingerprint density at radius 2 is 1.89 bits per heavy atom. The molecule has 0 heterocycles. The van der Waals surface area contributed by atoms with E-state index < -0.39 is 0 Å². The largest absolute Gasteiger partial charge is 0.353 e. The Kier molecular flexibility index (Phi) is 5.90. The number of benzene rings is 1. The molecular weight excluding hydrogens is 222 g/mol. The highest BCUT2D eigenvalue weighted by molar-refractivity contribution is 5.76.